The summed E-state index contributed by atoms with van der Waals surface area (Å²) >= 11 is 0. The summed E-state index contributed by atoms with van der Waals surface area (Å²) in [7, 11) is 0. The molecule has 0 radical (unpaired) electrons. The Morgan fingerprint density at radius 2 is 1.92 bits per heavy atom. The van der Waals surface area contributed by atoms with Gasteiger partial charge in [-0.1, -0.05) is 5.16 Å². The standard InChI is InChI=1S/C10H17NO2/c12-11-9-3-5-10(6-4-9)13-7-8-1-2-8/h8,10,12H,1-7H2. The molecule has 0 saturated heterocycles. The first kappa shape index (κ1) is 9.00. The second-order valence-corrected chi connectivity index (χ2v) is 4.14. The smallest absolute Gasteiger partial charge is 0.0582 e. The van der Waals surface area contributed by atoms with Crippen LogP contribution in [0.2, 0.25) is 0 Å². The third kappa shape index (κ3) is 2.69. The van der Waals surface area contributed by atoms with Crippen LogP contribution in [0.5, 0.6) is 0 Å². The van der Waals surface area contributed by atoms with Crippen molar-refractivity contribution in [3.05, 3.63) is 0 Å². The molecule has 0 aromatic rings. The van der Waals surface area contributed by atoms with Crippen molar-refractivity contribution in [2.45, 2.75) is 44.6 Å². The fraction of sp³-hybridized carbons (Fsp3) is 0.900. The molecule has 2 aliphatic rings. The van der Waals surface area contributed by atoms with E-state index < -0.39 is 0 Å². The summed E-state index contributed by atoms with van der Waals surface area (Å²) in [5.74, 6) is 0.855. The SMILES string of the molecule is ON=C1CCC(OCC2CC2)CC1. The summed E-state index contributed by atoms with van der Waals surface area (Å²) in [5, 5.41) is 11.8. The van der Waals surface area contributed by atoms with Gasteiger partial charge in [-0.25, -0.2) is 0 Å². The number of rotatable bonds is 3. The lowest BCUT2D eigenvalue weighted by molar-refractivity contribution is 0.0331. The van der Waals surface area contributed by atoms with Gasteiger partial charge < -0.3 is 9.94 Å². The van der Waals surface area contributed by atoms with Crippen molar-refractivity contribution in [1.29, 1.82) is 0 Å². The molecule has 1 N–H and O–H groups in total. The van der Waals surface area contributed by atoms with E-state index in [0.717, 1.165) is 43.9 Å². The molecule has 0 aliphatic heterocycles. The highest BCUT2D eigenvalue weighted by atomic mass is 16.5. The van der Waals surface area contributed by atoms with Crippen molar-refractivity contribution >= 4 is 5.71 Å². The van der Waals surface area contributed by atoms with Crippen molar-refractivity contribution in [2.75, 3.05) is 6.61 Å². The predicted octanol–water partition coefficient (Wildman–Crippen LogP) is 2.19. The Morgan fingerprint density at radius 3 is 2.46 bits per heavy atom. The number of hydrogen-bond acceptors (Lipinski definition) is 3. The number of ether oxygens (including phenoxy) is 1. The van der Waals surface area contributed by atoms with Gasteiger partial charge in [0, 0.05) is 6.61 Å². The number of nitrogens with zero attached hydrogens (tertiary/aromatic N) is 1. The first-order valence-corrected chi connectivity index (χ1v) is 5.20. The van der Waals surface area contributed by atoms with E-state index in [2.05, 4.69) is 5.16 Å². The molecule has 0 heterocycles. The third-order valence-corrected chi connectivity index (χ3v) is 2.92. The molecule has 13 heavy (non-hydrogen) atoms. The molecule has 2 fully saturated rings. The van der Waals surface area contributed by atoms with Gasteiger partial charge in [0.15, 0.2) is 0 Å². The van der Waals surface area contributed by atoms with Crippen molar-refractivity contribution in [1.82, 2.24) is 0 Å². The van der Waals surface area contributed by atoms with Gasteiger partial charge in [-0.2, -0.15) is 0 Å². The molecule has 3 nitrogen and oxygen atoms in total. The molecular formula is C10H17NO2. The average Bonchev–Trinajstić information content (AvgIpc) is 2.99. The van der Waals surface area contributed by atoms with Gasteiger partial charge in [0.05, 0.1) is 11.8 Å². The van der Waals surface area contributed by atoms with Crippen LogP contribution < -0.4 is 0 Å². The van der Waals surface area contributed by atoms with Crippen molar-refractivity contribution < 1.29 is 9.94 Å². The summed E-state index contributed by atoms with van der Waals surface area (Å²) in [4.78, 5) is 0. The van der Waals surface area contributed by atoms with Crippen LogP contribution in [0.1, 0.15) is 38.5 Å². The lowest BCUT2D eigenvalue weighted by atomic mass is 9.96. The molecule has 0 atom stereocenters. The van der Waals surface area contributed by atoms with Gasteiger partial charge in [-0.05, 0) is 44.4 Å². The molecule has 0 amide bonds. The topological polar surface area (TPSA) is 41.8 Å². The van der Waals surface area contributed by atoms with Gasteiger partial charge >= 0.3 is 0 Å². The van der Waals surface area contributed by atoms with E-state index in [1.54, 1.807) is 0 Å². The largest absolute Gasteiger partial charge is 0.411 e. The second-order valence-electron chi connectivity index (χ2n) is 4.14. The van der Waals surface area contributed by atoms with Gasteiger partial charge in [0.25, 0.3) is 0 Å². The van der Waals surface area contributed by atoms with E-state index in [9.17, 15) is 0 Å². The molecule has 0 aromatic carbocycles. The molecule has 3 heteroatoms. The molecule has 2 aliphatic carbocycles. The molecule has 0 aromatic heterocycles. The van der Waals surface area contributed by atoms with E-state index in [1.165, 1.54) is 12.8 Å². The second kappa shape index (κ2) is 4.09. The van der Waals surface area contributed by atoms with Crippen LogP contribution in [0.3, 0.4) is 0 Å². The summed E-state index contributed by atoms with van der Waals surface area (Å²) in [5.41, 5.74) is 0.936. The Balaban J connectivity index is 1.65. The van der Waals surface area contributed by atoms with Crippen LogP contribution in [-0.2, 0) is 4.74 Å². The Morgan fingerprint density at radius 1 is 1.23 bits per heavy atom. The first-order valence-electron chi connectivity index (χ1n) is 5.20. The highest BCUT2D eigenvalue weighted by Gasteiger charge is 2.24. The Bertz CT molecular complexity index is 189. The minimum Gasteiger partial charge on any atom is -0.411 e. The van der Waals surface area contributed by atoms with Crippen LogP contribution in [0.25, 0.3) is 0 Å². The van der Waals surface area contributed by atoms with E-state index in [0.29, 0.717) is 6.10 Å². The highest BCUT2D eigenvalue weighted by Crippen LogP contribution is 2.30. The lowest BCUT2D eigenvalue weighted by Gasteiger charge is -2.22. The maximum atomic E-state index is 8.55. The summed E-state index contributed by atoms with van der Waals surface area (Å²) in [6, 6.07) is 0. The maximum Gasteiger partial charge on any atom is 0.0582 e. The molecule has 0 unspecified atom stereocenters. The first-order chi connectivity index (χ1) is 6.38. The van der Waals surface area contributed by atoms with E-state index in [1.807, 2.05) is 0 Å². The van der Waals surface area contributed by atoms with Crippen LogP contribution in [0.15, 0.2) is 5.16 Å². The summed E-state index contributed by atoms with van der Waals surface area (Å²) in [6.07, 6.45) is 7.02. The zero-order chi connectivity index (χ0) is 9.10. The van der Waals surface area contributed by atoms with Gasteiger partial charge in [0.1, 0.15) is 0 Å². The quantitative estimate of drug-likeness (QED) is 0.538. The zero-order valence-corrected chi connectivity index (χ0v) is 7.91. The Kier molecular flexibility index (Phi) is 2.83. The summed E-state index contributed by atoms with van der Waals surface area (Å²) < 4.78 is 5.76. The fourth-order valence-corrected chi connectivity index (χ4v) is 1.75. The van der Waals surface area contributed by atoms with E-state index in [-0.39, 0.29) is 0 Å². The van der Waals surface area contributed by atoms with E-state index in [4.69, 9.17) is 9.94 Å². The van der Waals surface area contributed by atoms with Gasteiger partial charge in [0.2, 0.25) is 0 Å². The average molecular weight is 183 g/mol. The maximum absolute atomic E-state index is 8.55. The minimum atomic E-state index is 0.422. The summed E-state index contributed by atoms with van der Waals surface area (Å²) in [6.45, 7) is 0.955. The van der Waals surface area contributed by atoms with Crippen LogP contribution >= 0.6 is 0 Å². The molecule has 74 valence electrons. The van der Waals surface area contributed by atoms with E-state index >= 15 is 0 Å². The highest BCUT2D eigenvalue weighted by molar-refractivity contribution is 5.84. The lowest BCUT2D eigenvalue weighted by Crippen LogP contribution is -2.22. The Hall–Kier alpha value is -0.570. The fourth-order valence-electron chi connectivity index (χ4n) is 1.75. The molecule has 2 rings (SSSR count). The molecule has 2 saturated carbocycles. The number of hydrogen-bond donors (Lipinski definition) is 1. The van der Waals surface area contributed by atoms with Crippen molar-refractivity contribution in [3.8, 4) is 0 Å². The number of oxime groups is 1. The molecule has 0 bridgehead atoms. The molecular weight excluding hydrogens is 166 g/mol. The third-order valence-electron chi connectivity index (χ3n) is 2.92. The monoisotopic (exact) mass is 183 g/mol. The Labute approximate surface area is 78.8 Å². The zero-order valence-electron chi connectivity index (χ0n) is 7.91. The minimum absolute atomic E-state index is 0.422. The van der Waals surface area contributed by atoms with Crippen molar-refractivity contribution in [3.63, 3.8) is 0 Å². The molecule has 0 spiro atoms. The normalized spacial score (nSPS) is 28.9. The van der Waals surface area contributed by atoms with Crippen LogP contribution in [-0.4, -0.2) is 23.6 Å². The van der Waals surface area contributed by atoms with Gasteiger partial charge in [-0.15, -0.1) is 0 Å². The van der Waals surface area contributed by atoms with Crippen LogP contribution in [0, 0.1) is 5.92 Å². The van der Waals surface area contributed by atoms with Gasteiger partial charge in [-0.3, -0.25) is 0 Å². The van der Waals surface area contributed by atoms with Crippen LogP contribution in [0.4, 0.5) is 0 Å². The predicted molar refractivity (Wildman–Crippen MR) is 50.2 cm³/mol. The van der Waals surface area contributed by atoms with Crippen molar-refractivity contribution in [2.24, 2.45) is 11.1 Å².